The third kappa shape index (κ3) is 5.66. The quantitative estimate of drug-likeness (QED) is 0.733. The minimum atomic E-state index is -4.20. The minimum absolute atomic E-state index is 0.142. The van der Waals surface area contributed by atoms with Crippen molar-refractivity contribution in [3.05, 3.63) is 59.4 Å². The predicted octanol–water partition coefficient (Wildman–Crippen LogP) is 3.44. The van der Waals surface area contributed by atoms with Gasteiger partial charge in [0.2, 0.25) is 0 Å². The molecule has 32 heavy (non-hydrogen) atoms. The first-order chi connectivity index (χ1) is 15.3. The summed E-state index contributed by atoms with van der Waals surface area (Å²) in [6.45, 7) is 1.14. The van der Waals surface area contributed by atoms with Crippen LogP contribution < -0.4 is 5.32 Å². The van der Waals surface area contributed by atoms with Gasteiger partial charge in [-0.15, -0.1) is 0 Å². The van der Waals surface area contributed by atoms with Crippen molar-refractivity contribution in [2.45, 2.75) is 48.8 Å². The molecule has 0 saturated carbocycles. The van der Waals surface area contributed by atoms with E-state index in [2.05, 4.69) is 10.3 Å². The molecular formula is C22H25F3N4O2S. The normalized spacial score (nSPS) is 18.4. The van der Waals surface area contributed by atoms with Crippen LogP contribution in [-0.2, 0) is 30.4 Å². The number of amides is 2. The van der Waals surface area contributed by atoms with Gasteiger partial charge >= 0.3 is 12.2 Å². The fourth-order valence-corrected chi connectivity index (χ4v) is 5.55. The summed E-state index contributed by atoms with van der Waals surface area (Å²) in [6, 6.07) is 8.97. The Hall–Kier alpha value is -2.46. The summed E-state index contributed by atoms with van der Waals surface area (Å²) in [5.74, 6) is 0. The van der Waals surface area contributed by atoms with Gasteiger partial charge in [-0.3, -0.25) is 14.1 Å². The van der Waals surface area contributed by atoms with Crippen LogP contribution in [0.15, 0.2) is 47.6 Å². The molecule has 1 unspecified atom stereocenters. The number of hydrogen-bond donors (Lipinski definition) is 1. The zero-order chi connectivity index (χ0) is 22.7. The van der Waals surface area contributed by atoms with Crippen LogP contribution in [0.5, 0.6) is 0 Å². The molecule has 1 saturated heterocycles. The van der Waals surface area contributed by atoms with Gasteiger partial charge in [-0.1, -0.05) is 12.1 Å². The molecule has 6 nitrogen and oxygen atoms in total. The first kappa shape index (κ1) is 22.7. The van der Waals surface area contributed by atoms with Gasteiger partial charge in [0.1, 0.15) is 0 Å². The number of rotatable bonds is 5. The van der Waals surface area contributed by atoms with Gasteiger partial charge in [-0.2, -0.15) is 13.2 Å². The van der Waals surface area contributed by atoms with Crippen LogP contribution in [0.1, 0.15) is 29.5 Å². The number of pyridine rings is 1. The van der Waals surface area contributed by atoms with E-state index in [1.54, 1.807) is 29.4 Å². The Labute approximate surface area is 187 Å². The number of halogens is 3. The summed E-state index contributed by atoms with van der Waals surface area (Å²) in [4.78, 5) is 20.3. The molecule has 0 aliphatic carbocycles. The number of carbonyl (C=O) groups is 1. The van der Waals surface area contributed by atoms with E-state index in [-0.39, 0.29) is 11.3 Å². The molecule has 172 valence electrons. The average Bonchev–Trinajstić information content (AvgIpc) is 3.21. The van der Waals surface area contributed by atoms with Gasteiger partial charge < -0.3 is 10.2 Å². The van der Waals surface area contributed by atoms with Gasteiger partial charge in [0.25, 0.3) is 0 Å². The lowest BCUT2D eigenvalue weighted by atomic mass is 10.1. The summed E-state index contributed by atoms with van der Waals surface area (Å²) in [5, 5.41) is 2.76. The minimum Gasteiger partial charge on any atom is -0.334 e. The second kappa shape index (κ2) is 9.58. The molecule has 3 heterocycles. The number of hydrogen-bond acceptors (Lipinski definition) is 4. The first-order valence-corrected chi connectivity index (χ1v) is 11.7. The highest BCUT2D eigenvalue weighted by molar-refractivity contribution is 7.85. The zero-order valence-corrected chi connectivity index (χ0v) is 18.3. The van der Waals surface area contributed by atoms with Crippen molar-refractivity contribution in [2.24, 2.45) is 0 Å². The smallest absolute Gasteiger partial charge is 0.334 e. The Balaban J connectivity index is 1.25. The summed E-state index contributed by atoms with van der Waals surface area (Å²) in [5.41, 5.74) is 3.04. The summed E-state index contributed by atoms with van der Waals surface area (Å²) < 4.78 is 50.4. The van der Waals surface area contributed by atoms with E-state index >= 15 is 0 Å². The lowest BCUT2D eigenvalue weighted by Crippen LogP contribution is -2.42. The lowest BCUT2D eigenvalue weighted by Gasteiger charge is -2.31. The van der Waals surface area contributed by atoms with Crippen molar-refractivity contribution >= 4 is 16.8 Å². The number of fused-ring (bicyclic) bond motifs is 1. The van der Waals surface area contributed by atoms with Crippen LogP contribution in [0.2, 0.25) is 0 Å². The number of nitrogens with zero attached hydrogens (tertiary/aromatic N) is 3. The molecule has 2 amide bonds. The van der Waals surface area contributed by atoms with Crippen molar-refractivity contribution in [1.29, 1.82) is 0 Å². The van der Waals surface area contributed by atoms with Gasteiger partial charge in [-0.25, -0.2) is 4.79 Å². The van der Waals surface area contributed by atoms with E-state index < -0.39 is 23.5 Å². The maximum absolute atomic E-state index is 12.8. The number of urea groups is 1. The SMILES string of the molecule is O=C(NCc1ccc(S(=O)C2CCN(CC(F)(F)F)CC2)cc1)N1Cc2ccncc2C1. The number of carbonyl (C=O) groups excluding carboxylic acids is 1. The molecule has 1 N–H and O–H groups in total. The molecule has 2 aliphatic rings. The number of alkyl halides is 3. The van der Waals surface area contributed by atoms with E-state index in [9.17, 15) is 22.2 Å². The molecule has 1 atom stereocenters. The molecule has 4 rings (SSSR count). The first-order valence-electron chi connectivity index (χ1n) is 10.5. The standard InChI is InChI=1S/C22H25F3N4O2S/c23-22(24,25)15-28-9-6-20(7-10-28)32(31)19-3-1-16(2-4-19)11-27-21(30)29-13-17-5-8-26-12-18(17)14-29/h1-5,8,12,20H,6-7,9-11,13-15H2,(H,27,30). The maximum Gasteiger partial charge on any atom is 0.401 e. The highest BCUT2D eigenvalue weighted by Crippen LogP contribution is 2.25. The van der Waals surface area contributed by atoms with Crippen LogP contribution in [0, 0.1) is 0 Å². The molecule has 1 aromatic carbocycles. The van der Waals surface area contributed by atoms with Crippen LogP contribution in [-0.4, -0.2) is 56.1 Å². The fourth-order valence-electron chi connectivity index (χ4n) is 4.12. The highest BCUT2D eigenvalue weighted by Gasteiger charge is 2.33. The third-order valence-electron chi connectivity index (χ3n) is 5.85. The van der Waals surface area contributed by atoms with Gasteiger partial charge in [0.15, 0.2) is 0 Å². The van der Waals surface area contributed by atoms with E-state index in [4.69, 9.17) is 0 Å². The molecule has 0 radical (unpaired) electrons. The Morgan fingerprint density at radius 2 is 1.78 bits per heavy atom. The van der Waals surface area contributed by atoms with E-state index in [1.165, 1.54) is 4.90 Å². The Bertz CT molecular complexity index is 951. The molecule has 0 bridgehead atoms. The van der Waals surface area contributed by atoms with E-state index in [0.717, 1.165) is 16.7 Å². The van der Waals surface area contributed by atoms with Crippen molar-refractivity contribution in [2.75, 3.05) is 19.6 Å². The van der Waals surface area contributed by atoms with Crippen molar-refractivity contribution in [3.63, 3.8) is 0 Å². The van der Waals surface area contributed by atoms with Crippen LogP contribution in [0.4, 0.5) is 18.0 Å². The second-order valence-corrected chi connectivity index (χ2v) is 9.92. The number of aromatic nitrogens is 1. The van der Waals surface area contributed by atoms with E-state index in [0.29, 0.717) is 50.5 Å². The summed E-state index contributed by atoms with van der Waals surface area (Å²) >= 11 is 0. The number of likely N-dealkylation sites (tertiary alicyclic amines) is 1. The monoisotopic (exact) mass is 466 g/mol. The van der Waals surface area contributed by atoms with Crippen molar-refractivity contribution in [1.82, 2.24) is 20.1 Å². The van der Waals surface area contributed by atoms with E-state index in [1.807, 2.05) is 18.2 Å². The topological polar surface area (TPSA) is 65.5 Å². The lowest BCUT2D eigenvalue weighted by molar-refractivity contribution is -0.147. The van der Waals surface area contributed by atoms with Crippen LogP contribution >= 0.6 is 0 Å². The maximum atomic E-state index is 12.8. The van der Waals surface area contributed by atoms with Gasteiger partial charge in [0.05, 0.1) is 17.3 Å². The number of nitrogens with one attached hydrogen (secondary N) is 1. The molecule has 2 aromatic rings. The highest BCUT2D eigenvalue weighted by atomic mass is 32.2. The van der Waals surface area contributed by atoms with Gasteiger partial charge in [-0.05, 0) is 60.8 Å². The molecule has 10 heteroatoms. The van der Waals surface area contributed by atoms with Crippen LogP contribution in [0.25, 0.3) is 0 Å². The Morgan fingerprint density at radius 3 is 2.44 bits per heavy atom. The third-order valence-corrected chi connectivity index (χ3v) is 7.67. The second-order valence-electron chi connectivity index (χ2n) is 8.19. The van der Waals surface area contributed by atoms with Gasteiger partial charge in [0, 0.05) is 42.2 Å². The number of benzene rings is 1. The average molecular weight is 467 g/mol. The number of piperidine rings is 1. The molecular weight excluding hydrogens is 441 g/mol. The Kier molecular flexibility index (Phi) is 6.80. The van der Waals surface area contributed by atoms with Crippen molar-refractivity contribution < 1.29 is 22.2 Å². The fraction of sp³-hybridized carbons (Fsp3) is 0.455. The zero-order valence-electron chi connectivity index (χ0n) is 17.5. The molecule has 2 aliphatic heterocycles. The molecule has 0 spiro atoms. The van der Waals surface area contributed by atoms with Crippen molar-refractivity contribution in [3.8, 4) is 0 Å². The summed E-state index contributed by atoms with van der Waals surface area (Å²) in [7, 11) is -1.26. The predicted molar refractivity (Wildman–Crippen MR) is 114 cm³/mol. The summed E-state index contributed by atoms with van der Waals surface area (Å²) in [6.07, 6.45) is 0.259. The Morgan fingerprint density at radius 1 is 1.09 bits per heavy atom. The van der Waals surface area contributed by atoms with Crippen LogP contribution in [0.3, 0.4) is 0 Å². The largest absolute Gasteiger partial charge is 0.401 e. The molecule has 1 fully saturated rings. The molecule has 1 aromatic heterocycles.